The van der Waals surface area contributed by atoms with Crippen molar-refractivity contribution in [1.82, 2.24) is 24.1 Å². The number of fused-ring (bicyclic) bond motifs is 3. The number of hydrogen-bond acceptors (Lipinski definition) is 6. The first-order chi connectivity index (χ1) is 20.2. The second-order valence-corrected chi connectivity index (χ2v) is 10.7. The number of benzene rings is 2. The van der Waals surface area contributed by atoms with E-state index in [0.29, 0.717) is 6.54 Å². The third-order valence-corrected chi connectivity index (χ3v) is 7.87. The van der Waals surface area contributed by atoms with E-state index in [2.05, 4.69) is 92.8 Å². The molecule has 208 valence electrons. The lowest BCUT2D eigenvalue weighted by molar-refractivity contribution is -0.0383. The van der Waals surface area contributed by atoms with Gasteiger partial charge in [0, 0.05) is 44.2 Å². The highest BCUT2D eigenvalue weighted by atomic mass is 16.5. The van der Waals surface area contributed by atoms with Gasteiger partial charge in [0.15, 0.2) is 12.0 Å². The van der Waals surface area contributed by atoms with Crippen molar-refractivity contribution >= 4 is 22.4 Å². The molecule has 0 aliphatic carbocycles. The molecular formula is C33H34N6O2. The normalized spacial score (nSPS) is 17.0. The summed E-state index contributed by atoms with van der Waals surface area (Å²) in [6.45, 7) is 3.18. The monoisotopic (exact) mass is 546 g/mol. The van der Waals surface area contributed by atoms with E-state index in [9.17, 15) is 0 Å². The van der Waals surface area contributed by atoms with Crippen LogP contribution in [0, 0.1) is 0 Å². The Morgan fingerprint density at radius 2 is 1.93 bits per heavy atom. The fourth-order valence-corrected chi connectivity index (χ4v) is 5.75. The molecule has 1 atom stereocenters. The molecule has 0 bridgehead atoms. The second kappa shape index (κ2) is 11.1. The number of nitrogens with zero attached hydrogens (tertiary/aromatic N) is 5. The minimum Gasteiger partial charge on any atom is -0.497 e. The van der Waals surface area contributed by atoms with Crippen molar-refractivity contribution in [3.05, 3.63) is 103 Å². The summed E-state index contributed by atoms with van der Waals surface area (Å²) in [6, 6.07) is 19.0. The molecule has 8 heteroatoms. The van der Waals surface area contributed by atoms with Crippen molar-refractivity contribution in [3.63, 3.8) is 0 Å². The van der Waals surface area contributed by atoms with Gasteiger partial charge in [0.2, 0.25) is 0 Å². The number of allylic oxidation sites excluding steroid dienone is 2. The van der Waals surface area contributed by atoms with Gasteiger partial charge in [0.05, 0.1) is 29.4 Å². The van der Waals surface area contributed by atoms with Gasteiger partial charge < -0.3 is 24.1 Å². The van der Waals surface area contributed by atoms with Gasteiger partial charge in [-0.05, 0) is 79.1 Å². The van der Waals surface area contributed by atoms with E-state index in [1.165, 1.54) is 5.56 Å². The predicted molar refractivity (Wildman–Crippen MR) is 162 cm³/mol. The fourth-order valence-electron chi connectivity index (χ4n) is 5.75. The SMILES string of the molecule is COc1ccc(CNc2nc3cc(-c4ccnn4C4CCCCO4)ccc3n3cc(CN4C=CC=CC4)cc23)cc1. The lowest BCUT2D eigenvalue weighted by Crippen LogP contribution is -2.19. The molecular weight excluding hydrogens is 512 g/mol. The zero-order valence-electron chi connectivity index (χ0n) is 23.2. The maximum absolute atomic E-state index is 6.05. The average Bonchev–Trinajstić information content (AvgIpc) is 3.69. The topological polar surface area (TPSA) is 68.8 Å². The van der Waals surface area contributed by atoms with Crippen LogP contribution in [0.25, 0.3) is 27.8 Å². The van der Waals surface area contributed by atoms with Crippen LogP contribution in [-0.2, 0) is 17.8 Å². The largest absolute Gasteiger partial charge is 0.497 e. The van der Waals surface area contributed by atoms with Crippen LogP contribution >= 0.6 is 0 Å². The van der Waals surface area contributed by atoms with Crippen LogP contribution in [-0.4, -0.2) is 44.3 Å². The predicted octanol–water partition coefficient (Wildman–Crippen LogP) is 6.56. The molecule has 2 aliphatic heterocycles. The van der Waals surface area contributed by atoms with Crippen molar-refractivity contribution in [3.8, 4) is 17.0 Å². The van der Waals surface area contributed by atoms with Crippen molar-refractivity contribution in [2.75, 3.05) is 25.6 Å². The molecule has 1 saturated heterocycles. The molecule has 8 nitrogen and oxygen atoms in total. The quantitative estimate of drug-likeness (QED) is 0.238. The molecule has 5 aromatic rings. The maximum atomic E-state index is 6.05. The summed E-state index contributed by atoms with van der Waals surface area (Å²) in [5.41, 5.74) is 7.58. The molecule has 41 heavy (non-hydrogen) atoms. The Morgan fingerprint density at radius 1 is 1.00 bits per heavy atom. The van der Waals surface area contributed by atoms with Gasteiger partial charge >= 0.3 is 0 Å². The number of nitrogens with one attached hydrogen (secondary N) is 1. The Hall–Kier alpha value is -4.56. The highest BCUT2D eigenvalue weighted by Gasteiger charge is 2.20. The molecule has 0 radical (unpaired) electrons. The number of rotatable bonds is 8. The zero-order chi connectivity index (χ0) is 27.6. The molecule has 1 N–H and O–H groups in total. The number of aromatic nitrogens is 4. The first kappa shape index (κ1) is 25.4. The van der Waals surface area contributed by atoms with E-state index in [4.69, 9.17) is 14.5 Å². The van der Waals surface area contributed by atoms with Gasteiger partial charge in [-0.15, -0.1) is 0 Å². The molecule has 0 saturated carbocycles. The van der Waals surface area contributed by atoms with E-state index >= 15 is 0 Å². The lowest BCUT2D eigenvalue weighted by atomic mass is 10.1. The van der Waals surface area contributed by atoms with E-state index in [0.717, 1.165) is 83.9 Å². The number of methoxy groups -OCH3 is 1. The van der Waals surface area contributed by atoms with Crippen LogP contribution in [0.5, 0.6) is 5.75 Å². The summed E-state index contributed by atoms with van der Waals surface area (Å²) < 4.78 is 15.7. The molecule has 2 aliphatic rings. The summed E-state index contributed by atoms with van der Waals surface area (Å²) in [6.07, 6.45) is 15.8. The molecule has 1 fully saturated rings. The van der Waals surface area contributed by atoms with Crippen LogP contribution < -0.4 is 10.1 Å². The first-order valence-electron chi connectivity index (χ1n) is 14.3. The number of hydrogen-bond donors (Lipinski definition) is 1. The minimum atomic E-state index is -0.0210. The Kier molecular flexibility index (Phi) is 6.90. The van der Waals surface area contributed by atoms with Gasteiger partial charge in [-0.1, -0.05) is 30.4 Å². The number of anilines is 1. The molecule has 1 unspecified atom stereocenters. The van der Waals surface area contributed by atoms with Crippen molar-refractivity contribution in [1.29, 1.82) is 0 Å². The third kappa shape index (κ3) is 5.18. The van der Waals surface area contributed by atoms with Crippen molar-refractivity contribution in [2.24, 2.45) is 0 Å². The van der Waals surface area contributed by atoms with Crippen LogP contribution in [0.15, 0.2) is 91.4 Å². The van der Waals surface area contributed by atoms with E-state index in [1.54, 1.807) is 7.11 Å². The molecule has 3 aromatic heterocycles. The van der Waals surface area contributed by atoms with Crippen LogP contribution in [0.2, 0.25) is 0 Å². The van der Waals surface area contributed by atoms with Gasteiger partial charge in [-0.3, -0.25) is 0 Å². The Morgan fingerprint density at radius 3 is 2.73 bits per heavy atom. The minimum absolute atomic E-state index is 0.0210. The van der Waals surface area contributed by atoms with Crippen molar-refractivity contribution < 1.29 is 9.47 Å². The molecule has 5 heterocycles. The molecule has 0 spiro atoms. The van der Waals surface area contributed by atoms with E-state index < -0.39 is 0 Å². The molecule has 2 aromatic carbocycles. The van der Waals surface area contributed by atoms with Gasteiger partial charge in [-0.2, -0.15) is 5.10 Å². The number of ether oxygens (including phenoxy) is 2. The average molecular weight is 547 g/mol. The summed E-state index contributed by atoms with van der Waals surface area (Å²) >= 11 is 0. The maximum Gasteiger partial charge on any atom is 0.151 e. The van der Waals surface area contributed by atoms with Crippen LogP contribution in [0.4, 0.5) is 5.82 Å². The lowest BCUT2D eigenvalue weighted by Gasteiger charge is -2.24. The Bertz CT molecular complexity index is 1730. The molecule has 0 amide bonds. The van der Waals surface area contributed by atoms with Gasteiger partial charge in [0.1, 0.15) is 5.75 Å². The Labute approximate surface area is 239 Å². The van der Waals surface area contributed by atoms with Crippen molar-refractivity contribution in [2.45, 2.75) is 38.6 Å². The second-order valence-electron chi connectivity index (χ2n) is 10.7. The van der Waals surface area contributed by atoms with Crippen LogP contribution in [0.3, 0.4) is 0 Å². The third-order valence-electron chi connectivity index (χ3n) is 7.87. The highest BCUT2D eigenvalue weighted by Crippen LogP contribution is 2.32. The first-order valence-corrected chi connectivity index (χ1v) is 14.3. The van der Waals surface area contributed by atoms with Gasteiger partial charge in [-0.25, -0.2) is 9.67 Å². The summed E-state index contributed by atoms with van der Waals surface area (Å²) in [5, 5.41) is 8.25. The van der Waals surface area contributed by atoms with Gasteiger partial charge in [0.25, 0.3) is 0 Å². The molecule has 7 rings (SSSR count). The van der Waals surface area contributed by atoms with E-state index in [-0.39, 0.29) is 6.23 Å². The highest BCUT2D eigenvalue weighted by molar-refractivity contribution is 5.88. The fraction of sp³-hybridized carbons (Fsp3) is 0.273. The summed E-state index contributed by atoms with van der Waals surface area (Å²) in [5.74, 6) is 1.71. The smallest absolute Gasteiger partial charge is 0.151 e. The summed E-state index contributed by atoms with van der Waals surface area (Å²) in [7, 11) is 1.69. The van der Waals surface area contributed by atoms with E-state index in [1.807, 2.05) is 23.0 Å². The van der Waals surface area contributed by atoms with Crippen LogP contribution in [0.1, 0.15) is 36.6 Å². The standard InChI is InChI=1S/C33H34N6O2/c1-40-27-11-8-24(9-12-27)21-34-33-31-19-25(22-37-16-4-2-5-17-37)23-38(31)30-13-10-26(20-28(30)36-33)29-14-15-35-39(29)32-7-3-6-18-41-32/h2,4-5,8-16,19-20,23,32H,3,6-7,17-18,21-22H2,1H3,(H,34,36). The summed E-state index contributed by atoms with van der Waals surface area (Å²) in [4.78, 5) is 7.48. The Balaban J connectivity index is 1.27. The zero-order valence-corrected chi connectivity index (χ0v) is 23.2.